The quantitative estimate of drug-likeness (QED) is 0.839. The van der Waals surface area contributed by atoms with Crippen molar-refractivity contribution in [2.75, 3.05) is 11.9 Å². The Hall–Kier alpha value is -1.36. The van der Waals surface area contributed by atoms with E-state index < -0.39 is 6.04 Å². The zero-order chi connectivity index (χ0) is 14.7. The van der Waals surface area contributed by atoms with E-state index in [4.69, 9.17) is 0 Å². The molecule has 2 rings (SSSR count). The van der Waals surface area contributed by atoms with Crippen molar-refractivity contribution in [3.8, 4) is 0 Å². The number of hydrogen-bond acceptors (Lipinski definition) is 3. The minimum absolute atomic E-state index is 0.0792. The van der Waals surface area contributed by atoms with Crippen molar-refractivity contribution in [2.24, 2.45) is 0 Å². The third kappa shape index (κ3) is 3.03. The lowest BCUT2D eigenvalue weighted by Crippen LogP contribution is -2.35. The number of rotatable bonds is 5. The highest BCUT2D eigenvalue weighted by molar-refractivity contribution is 9.10. The number of likely N-dealkylation sites (tertiary alicyclic amines) is 1. The summed E-state index contributed by atoms with van der Waals surface area (Å²) in [5.41, 5.74) is 2.06. The molecule has 108 valence electrons. The zero-order valence-electron chi connectivity index (χ0n) is 11.8. The van der Waals surface area contributed by atoms with Crippen molar-refractivity contribution >= 4 is 33.4 Å². The first-order valence-electron chi connectivity index (χ1n) is 6.96. The summed E-state index contributed by atoms with van der Waals surface area (Å²) < 4.78 is 1.02. The van der Waals surface area contributed by atoms with Gasteiger partial charge in [-0.2, -0.15) is 0 Å². The molecule has 4 nitrogen and oxygen atoms in total. The molecule has 1 N–H and O–H groups in total. The molecular weight excluding hydrogens is 320 g/mol. The summed E-state index contributed by atoms with van der Waals surface area (Å²) >= 11 is 3.44. The van der Waals surface area contributed by atoms with Crippen LogP contribution in [0.15, 0.2) is 22.7 Å². The summed E-state index contributed by atoms with van der Waals surface area (Å²) in [5.74, 6) is -0.189. The SMILES string of the molecule is CCCN1C(=O)CC(Nc2ccc(Br)cc2CC)C1=O. The number of carbonyl (C=O) groups excluding carboxylic acids is 2. The van der Waals surface area contributed by atoms with Crippen LogP contribution in [-0.4, -0.2) is 29.3 Å². The van der Waals surface area contributed by atoms with Crippen molar-refractivity contribution < 1.29 is 9.59 Å². The van der Waals surface area contributed by atoms with Gasteiger partial charge in [0, 0.05) is 16.7 Å². The molecule has 1 aromatic rings. The van der Waals surface area contributed by atoms with Gasteiger partial charge >= 0.3 is 0 Å². The summed E-state index contributed by atoms with van der Waals surface area (Å²) in [7, 11) is 0. The van der Waals surface area contributed by atoms with Gasteiger partial charge in [0.15, 0.2) is 0 Å². The lowest BCUT2D eigenvalue weighted by molar-refractivity contribution is -0.138. The van der Waals surface area contributed by atoms with E-state index in [2.05, 4.69) is 28.2 Å². The molecule has 0 bridgehead atoms. The molecule has 0 spiro atoms. The number of anilines is 1. The average molecular weight is 339 g/mol. The molecule has 0 aliphatic carbocycles. The van der Waals surface area contributed by atoms with E-state index in [0.717, 1.165) is 28.6 Å². The number of nitrogens with zero attached hydrogens (tertiary/aromatic N) is 1. The third-order valence-electron chi connectivity index (χ3n) is 3.47. The van der Waals surface area contributed by atoms with Crippen LogP contribution in [0, 0.1) is 0 Å². The summed E-state index contributed by atoms with van der Waals surface area (Å²) in [6.07, 6.45) is 1.91. The van der Waals surface area contributed by atoms with Crippen molar-refractivity contribution in [3.63, 3.8) is 0 Å². The minimum Gasteiger partial charge on any atom is -0.373 e. The molecule has 1 heterocycles. The van der Waals surface area contributed by atoms with Crippen LogP contribution in [0.1, 0.15) is 32.3 Å². The third-order valence-corrected chi connectivity index (χ3v) is 3.96. The Morgan fingerprint density at radius 1 is 1.35 bits per heavy atom. The number of aryl methyl sites for hydroxylation is 1. The van der Waals surface area contributed by atoms with Gasteiger partial charge < -0.3 is 5.32 Å². The number of nitrogens with one attached hydrogen (secondary N) is 1. The second-order valence-corrected chi connectivity index (χ2v) is 5.86. The first-order valence-corrected chi connectivity index (χ1v) is 7.75. The molecule has 2 amide bonds. The van der Waals surface area contributed by atoms with E-state index in [0.29, 0.717) is 6.54 Å². The molecule has 1 aliphatic heterocycles. The molecule has 5 heteroatoms. The Morgan fingerprint density at radius 2 is 2.10 bits per heavy atom. The number of imide groups is 1. The standard InChI is InChI=1S/C15H19BrN2O2/c1-3-7-18-14(19)9-13(15(18)20)17-12-6-5-11(16)8-10(12)4-2/h5-6,8,13,17H,3-4,7,9H2,1-2H3. The lowest BCUT2D eigenvalue weighted by atomic mass is 10.1. The molecule has 20 heavy (non-hydrogen) atoms. The van der Waals surface area contributed by atoms with E-state index >= 15 is 0 Å². The van der Waals surface area contributed by atoms with E-state index in [1.807, 2.05) is 25.1 Å². The van der Waals surface area contributed by atoms with Crippen LogP contribution in [0.25, 0.3) is 0 Å². The molecule has 1 fully saturated rings. The van der Waals surface area contributed by atoms with Crippen LogP contribution in [0.3, 0.4) is 0 Å². The van der Waals surface area contributed by atoms with Crippen LogP contribution in [0.4, 0.5) is 5.69 Å². The molecule has 0 aromatic heterocycles. The summed E-state index contributed by atoms with van der Waals surface area (Å²) in [6.45, 7) is 4.54. The summed E-state index contributed by atoms with van der Waals surface area (Å²) in [6, 6.07) is 5.49. The van der Waals surface area contributed by atoms with Gasteiger partial charge in [-0.25, -0.2) is 0 Å². The van der Waals surface area contributed by atoms with Gasteiger partial charge in [-0.05, 0) is 36.6 Å². The maximum atomic E-state index is 12.2. The number of carbonyl (C=O) groups is 2. The smallest absolute Gasteiger partial charge is 0.252 e. The lowest BCUT2D eigenvalue weighted by Gasteiger charge is -2.17. The van der Waals surface area contributed by atoms with Crippen LogP contribution < -0.4 is 5.32 Å². The maximum absolute atomic E-state index is 12.2. The highest BCUT2D eigenvalue weighted by Crippen LogP contribution is 2.25. The molecule has 1 atom stereocenters. The summed E-state index contributed by atoms with van der Waals surface area (Å²) in [5, 5.41) is 3.22. The molecule has 1 unspecified atom stereocenters. The first kappa shape index (κ1) is 15.0. The van der Waals surface area contributed by atoms with Gasteiger partial charge in [-0.1, -0.05) is 29.8 Å². The molecule has 0 saturated carbocycles. The fraction of sp³-hybridized carbons (Fsp3) is 0.467. The zero-order valence-corrected chi connectivity index (χ0v) is 13.4. The Morgan fingerprint density at radius 3 is 2.75 bits per heavy atom. The Bertz CT molecular complexity index is 531. The van der Waals surface area contributed by atoms with Gasteiger partial charge in [-0.15, -0.1) is 0 Å². The number of hydrogen-bond donors (Lipinski definition) is 1. The molecular formula is C15H19BrN2O2. The van der Waals surface area contributed by atoms with Gasteiger partial charge in [0.1, 0.15) is 6.04 Å². The normalized spacial score (nSPS) is 18.8. The second-order valence-electron chi connectivity index (χ2n) is 4.94. The van der Waals surface area contributed by atoms with Crippen molar-refractivity contribution in [1.29, 1.82) is 0 Å². The number of amides is 2. The van der Waals surface area contributed by atoms with Gasteiger partial charge in [0.2, 0.25) is 5.91 Å². The molecule has 1 aromatic carbocycles. The van der Waals surface area contributed by atoms with Gasteiger partial charge in [-0.3, -0.25) is 14.5 Å². The summed E-state index contributed by atoms with van der Waals surface area (Å²) in [4.78, 5) is 25.4. The van der Waals surface area contributed by atoms with Crippen molar-refractivity contribution in [3.05, 3.63) is 28.2 Å². The highest BCUT2D eigenvalue weighted by Gasteiger charge is 2.37. The monoisotopic (exact) mass is 338 g/mol. The first-order chi connectivity index (χ1) is 9.56. The maximum Gasteiger partial charge on any atom is 0.252 e. The number of benzene rings is 1. The van der Waals surface area contributed by atoms with Gasteiger partial charge in [0.25, 0.3) is 5.91 Å². The second kappa shape index (κ2) is 6.39. The minimum atomic E-state index is -0.430. The van der Waals surface area contributed by atoms with Crippen molar-refractivity contribution in [1.82, 2.24) is 4.90 Å². The largest absolute Gasteiger partial charge is 0.373 e. The van der Waals surface area contributed by atoms with E-state index in [1.165, 1.54) is 4.90 Å². The highest BCUT2D eigenvalue weighted by atomic mass is 79.9. The van der Waals surface area contributed by atoms with Crippen LogP contribution in [-0.2, 0) is 16.0 Å². The molecule has 1 aliphatic rings. The van der Waals surface area contributed by atoms with E-state index in [1.54, 1.807) is 0 Å². The van der Waals surface area contributed by atoms with E-state index in [9.17, 15) is 9.59 Å². The predicted molar refractivity (Wildman–Crippen MR) is 82.6 cm³/mol. The average Bonchev–Trinajstić information content (AvgIpc) is 2.69. The van der Waals surface area contributed by atoms with Crippen LogP contribution >= 0.6 is 15.9 Å². The molecule has 0 radical (unpaired) electrons. The Balaban J connectivity index is 2.15. The van der Waals surface area contributed by atoms with Crippen LogP contribution in [0.2, 0.25) is 0 Å². The van der Waals surface area contributed by atoms with Gasteiger partial charge in [0.05, 0.1) is 6.42 Å². The van der Waals surface area contributed by atoms with E-state index in [-0.39, 0.29) is 18.2 Å². The van der Waals surface area contributed by atoms with Crippen molar-refractivity contribution in [2.45, 2.75) is 39.2 Å². The van der Waals surface area contributed by atoms with Crippen LogP contribution in [0.5, 0.6) is 0 Å². The number of halogens is 1. The topological polar surface area (TPSA) is 49.4 Å². The predicted octanol–water partition coefficient (Wildman–Crippen LogP) is 2.96. The fourth-order valence-corrected chi connectivity index (χ4v) is 2.85. The molecule has 1 saturated heterocycles. The fourth-order valence-electron chi connectivity index (χ4n) is 2.44. The Labute approximate surface area is 127 Å². The Kier molecular flexibility index (Phi) is 4.81.